The minimum absolute atomic E-state index is 0.0533. The molecule has 0 aliphatic carbocycles. The Morgan fingerprint density at radius 1 is 1.09 bits per heavy atom. The molecular formula is C22H19Cl2FN2O5. The fourth-order valence-corrected chi connectivity index (χ4v) is 3.47. The van der Waals surface area contributed by atoms with Crippen molar-refractivity contribution in [2.24, 2.45) is 5.92 Å². The van der Waals surface area contributed by atoms with Crippen LogP contribution in [0.25, 0.3) is 0 Å². The molecule has 3 rings (SSSR count). The minimum Gasteiger partial charge on any atom is -0.454 e. The zero-order valence-corrected chi connectivity index (χ0v) is 18.2. The van der Waals surface area contributed by atoms with Gasteiger partial charge in [-0.2, -0.15) is 0 Å². The van der Waals surface area contributed by atoms with E-state index in [1.807, 2.05) is 0 Å². The summed E-state index contributed by atoms with van der Waals surface area (Å²) in [5.41, 5.74) is 2.92. The molecule has 0 radical (unpaired) electrons. The second-order valence-electron chi connectivity index (χ2n) is 7.13. The fourth-order valence-electron chi connectivity index (χ4n) is 3.14. The van der Waals surface area contributed by atoms with Crippen molar-refractivity contribution in [3.05, 3.63) is 70.5 Å². The topological polar surface area (TPSA) is 92.8 Å². The van der Waals surface area contributed by atoms with Gasteiger partial charge in [0.15, 0.2) is 6.10 Å². The van der Waals surface area contributed by atoms with Gasteiger partial charge in [0.25, 0.3) is 5.91 Å². The van der Waals surface area contributed by atoms with E-state index in [4.69, 9.17) is 27.9 Å². The van der Waals surface area contributed by atoms with Crippen molar-refractivity contribution in [1.29, 1.82) is 0 Å². The Morgan fingerprint density at radius 3 is 2.34 bits per heavy atom. The molecule has 1 N–H and O–H groups in total. The lowest BCUT2D eigenvalue weighted by Gasteiger charge is -2.19. The number of ketones is 1. The zero-order chi connectivity index (χ0) is 23.3. The highest BCUT2D eigenvalue weighted by Gasteiger charge is 2.38. The van der Waals surface area contributed by atoms with Gasteiger partial charge in [-0.25, -0.2) is 4.39 Å². The SMILES string of the molecule is O=C(NN1CC(C(=O)OC(CCCl)C(=O)c2ccc(F)cc2)CC1=O)c1ccc(Cl)cc1. The second kappa shape index (κ2) is 10.6. The number of Topliss-reactive ketones (excluding diaryl/α,β-unsaturated/α-hetero) is 1. The van der Waals surface area contributed by atoms with Crippen molar-refractivity contribution in [3.63, 3.8) is 0 Å². The van der Waals surface area contributed by atoms with Crippen LogP contribution in [0.3, 0.4) is 0 Å². The number of rotatable bonds is 8. The number of carbonyl (C=O) groups is 4. The van der Waals surface area contributed by atoms with Crippen molar-refractivity contribution in [1.82, 2.24) is 10.4 Å². The van der Waals surface area contributed by atoms with Gasteiger partial charge in [0.05, 0.1) is 12.5 Å². The third-order valence-electron chi connectivity index (χ3n) is 4.85. The van der Waals surface area contributed by atoms with E-state index in [0.717, 1.165) is 17.1 Å². The van der Waals surface area contributed by atoms with E-state index < -0.39 is 41.4 Å². The molecule has 1 aliphatic rings. The van der Waals surface area contributed by atoms with Crippen molar-refractivity contribution in [2.75, 3.05) is 12.4 Å². The molecule has 2 atom stereocenters. The van der Waals surface area contributed by atoms with Gasteiger partial charge < -0.3 is 4.74 Å². The molecule has 0 saturated carbocycles. The first kappa shape index (κ1) is 23.7. The molecule has 1 aliphatic heterocycles. The average molecular weight is 481 g/mol. The Balaban J connectivity index is 1.61. The number of hydrogen-bond donors (Lipinski definition) is 1. The molecule has 32 heavy (non-hydrogen) atoms. The summed E-state index contributed by atoms with van der Waals surface area (Å²) >= 11 is 11.5. The maximum absolute atomic E-state index is 13.1. The summed E-state index contributed by atoms with van der Waals surface area (Å²) in [5, 5.41) is 1.50. The molecule has 1 heterocycles. The van der Waals surface area contributed by atoms with Crippen LogP contribution in [0.2, 0.25) is 5.02 Å². The summed E-state index contributed by atoms with van der Waals surface area (Å²) in [6, 6.07) is 10.9. The lowest BCUT2D eigenvalue weighted by molar-refractivity contribution is -0.151. The van der Waals surface area contributed by atoms with Crippen molar-refractivity contribution in [3.8, 4) is 0 Å². The van der Waals surface area contributed by atoms with Crippen LogP contribution in [-0.2, 0) is 14.3 Å². The van der Waals surface area contributed by atoms with Gasteiger partial charge >= 0.3 is 5.97 Å². The van der Waals surface area contributed by atoms with Crippen LogP contribution in [0.4, 0.5) is 4.39 Å². The van der Waals surface area contributed by atoms with Crippen molar-refractivity contribution >= 4 is 46.8 Å². The summed E-state index contributed by atoms with van der Waals surface area (Å²) in [4.78, 5) is 49.9. The Bertz CT molecular complexity index is 1010. The van der Waals surface area contributed by atoms with Crippen molar-refractivity contribution in [2.45, 2.75) is 18.9 Å². The lowest BCUT2D eigenvalue weighted by atomic mass is 10.0. The summed E-state index contributed by atoms with van der Waals surface area (Å²) in [5.74, 6) is -3.59. The highest BCUT2D eigenvalue weighted by Crippen LogP contribution is 2.21. The maximum atomic E-state index is 13.1. The number of esters is 1. The highest BCUT2D eigenvalue weighted by molar-refractivity contribution is 6.30. The number of nitrogens with one attached hydrogen (secondary N) is 1. The van der Waals surface area contributed by atoms with Gasteiger partial charge in [0.2, 0.25) is 11.7 Å². The predicted molar refractivity (Wildman–Crippen MR) is 115 cm³/mol. The third-order valence-corrected chi connectivity index (χ3v) is 5.32. The van der Waals surface area contributed by atoms with Crippen LogP contribution < -0.4 is 5.43 Å². The minimum atomic E-state index is -1.17. The number of alkyl halides is 1. The highest BCUT2D eigenvalue weighted by atomic mass is 35.5. The molecule has 2 amide bonds. The molecule has 1 saturated heterocycles. The molecule has 2 aromatic carbocycles. The molecule has 2 unspecified atom stereocenters. The van der Waals surface area contributed by atoms with Crippen LogP contribution in [0.5, 0.6) is 0 Å². The number of nitrogens with zero attached hydrogens (tertiary/aromatic N) is 1. The molecule has 1 fully saturated rings. The first-order chi connectivity index (χ1) is 15.3. The standard InChI is InChI=1S/C22H19Cl2FN2O5/c23-10-9-18(20(29)13-3-7-17(25)8-4-13)32-22(31)15-11-19(28)27(12-15)26-21(30)14-1-5-16(24)6-2-14/h1-8,15,18H,9-12H2,(H,26,30). The maximum Gasteiger partial charge on any atom is 0.312 e. The second-order valence-corrected chi connectivity index (χ2v) is 7.94. The summed E-state index contributed by atoms with van der Waals surface area (Å²) in [7, 11) is 0. The van der Waals surface area contributed by atoms with E-state index in [1.165, 1.54) is 36.4 Å². The summed E-state index contributed by atoms with van der Waals surface area (Å²) < 4.78 is 18.5. The first-order valence-corrected chi connectivity index (χ1v) is 10.6. The largest absolute Gasteiger partial charge is 0.454 e. The van der Waals surface area contributed by atoms with Crippen LogP contribution in [-0.4, -0.2) is 47.1 Å². The predicted octanol–water partition coefficient (Wildman–Crippen LogP) is 3.40. The van der Waals surface area contributed by atoms with Crippen LogP contribution >= 0.6 is 23.2 Å². The quantitative estimate of drug-likeness (QED) is 0.355. The van der Waals surface area contributed by atoms with Gasteiger partial charge in [0.1, 0.15) is 5.82 Å². The van der Waals surface area contributed by atoms with Crippen LogP contribution in [0, 0.1) is 11.7 Å². The number of hydrazine groups is 1. The van der Waals surface area contributed by atoms with E-state index >= 15 is 0 Å². The Hall–Kier alpha value is -2.97. The van der Waals surface area contributed by atoms with Gasteiger partial charge in [0, 0.05) is 34.9 Å². The van der Waals surface area contributed by atoms with Gasteiger partial charge in [-0.3, -0.25) is 29.6 Å². The van der Waals surface area contributed by atoms with E-state index in [9.17, 15) is 23.6 Å². The molecular weight excluding hydrogens is 462 g/mol. The van der Waals surface area contributed by atoms with Crippen molar-refractivity contribution < 1.29 is 28.3 Å². The molecule has 0 spiro atoms. The molecule has 7 nitrogen and oxygen atoms in total. The number of halogens is 3. The van der Waals surface area contributed by atoms with E-state index in [0.29, 0.717) is 10.6 Å². The molecule has 0 bridgehead atoms. The Morgan fingerprint density at radius 2 is 1.72 bits per heavy atom. The van der Waals surface area contributed by atoms with Gasteiger partial charge in [-0.05, 0) is 48.5 Å². The van der Waals surface area contributed by atoms with Crippen LogP contribution in [0.15, 0.2) is 48.5 Å². The van der Waals surface area contributed by atoms with Crippen LogP contribution in [0.1, 0.15) is 33.6 Å². The summed E-state index contributed by atoms with van der Waals surface area (Å²) in [6.07, 6.45) is -1.29. The number of ether oxygens (including phenoxy) is 1. The van der Waals surface area contributed by atoms with Gasteiger partial charge in [-0.1, -0.05) is 11.6 Å². The van der Waals surface area contributed by atoms with Gasteiger partial charge in [-0.15, -0.1) is 11.6 Å². The number of benzene rings is 2. The number of amides is 2. The summed E-state index contributed by atoms with van der Waals surface area (Å²) in [6.45, 7) is -0.102. The average Bonchev–Trinajstić information content (AvgIpc) is 3.14. The third kappa shape index (κ3) is 5.83. The fraction of sp³-hybridized carbons (Fsp3) is 0.273. The first-order valence-electron chi connectivity index (χ1n) is 9.71. The monoisotopic (exact) mass is 480 g/mol. The van der Waals surface area contributed by atoms with E-state index in [1.54, 1.807) is 0 Å². The normalized spacial score (nSPS) is 16.5. The smallest absolute Gasteiger partial charge is 0.312 e. The zero-order valence-electron chi connectivity index (χ0n) is 16.7. The lowest BCUT2D eigenvalue weighted by Crippen LogP contribution is -2.43. The molecule has 2 aromatic rings. The number of hydrogen-bond acceptors (Lipinski definition) is 5. The van der Waals surface area contributed by atoms with E-state index in [2.05, 4.69) is 5.43 Å². The van der Waals surface area contributed by atoms with E-state index in [-0.39, 0.29) is 30.8 Å². The molecule has 168 valence electrons. The Kier molecular flexibility index (Phi) is 7.82. The number of carbonyl (C=O) groups excluding carboxylic acids is 4. The molecule has 0 aromatic heterocycles. The Labute approximate surface area is 193 Å². The molecule has 10 heteroatoms.